The lowest BCUT2D eigenvalue weighted by atomic mass is 9.61. The fraction of sp³-hybridized carbons (Fsp3) is 1.00. The van der Waals surface area contributed by atoms with Gasteiger partial charge in [0.05, 0.1) is 6.61 Å². The highest BCUT2D eigenvalue weighted by molar-refractivity contribution is 5.07. The summed E-state index contributed by atoms with van der Waals surface area (Å²) in [5, 5.41) is 0. The van der Waals surface area contributed by atoms with Crippen molar-refractivity contribution in [3.05, 3.63) is 0 Å². The topological polar surface area (TPSA) is 36.9 Å². The molecule has 0 N–H and O–H groups in total. The van der Waals surface area contributed by atoms with Crippen LogP contribution in [0.25, 0.3) is 0 Å². The van der Waals surface area contributed by atoms with E-state index in [4.69, 9.17) is 19.2 Å². The lowest BCUT2D eigenvalue weighted by Gasteiger charge is -2.57. The van der Waals surface area contributed by atoms with Crippen molar-refractivity contribution in [3.63, 3.8) is 0 Å². The van der Waals surface area contributed by atoms with Crippen LogP contribution in [0.15, 0.2) is 0 Å². The molecule has 5 aliphatic rings. The molecule has 0 aromatic heterocycles. The summed E-state index contributed by atoms with van der Waals surface area (Å²) in [5.74, 6) is 1.13. The molecule has 0 aromatic carbocycles. The first-order valence-electron chi connectivity index (χ1n) is 8.36. The Kier molecular flexibility index (Phi) is 3.15. The molecule has 20 heavy (non-hydrogen) atoms. The van der Waals surface area contributed by atoms with Crippen molar-refractivity contribution in [1.29, 1.82) is 0 Å². The van der Waals surface area contributed by atoms with Crippen molar-refractivity contribution in [2.75, 3.05) is 6.61 Å². The highest BCUT2D eigenvalue weighted by atomic mass is 17.3. The van der Waals surface area contributed by atoms with Gasteiger partial charge in [0.15, 0.2) is 11.9 Å². The molecule has 0 amide bonds. The van der Waals surface area contributed by atoms with E-state index in [0.29, 0.717) is 17.8 Å². The van der Waals surface area contributed by atoms with Crippen molar-refractivity contribution in [1.82, 2.24) is 0 Å². The number of fused-ring (bicyclic) bond motifs is 2. The molecule has 1 aliphatic carbocycles. The van der Waals surface area contributed by atoms with Crippen LogP contribution in [0.4, 0.5) is 0 Å². The Bertz CT molecular complexity index is 383. The van der Waals surface area contributed by atoms with Gasteiger partial charge in [0, 0.05) is 12.8 Å². The van der Waals surface area contributed by atoms with E-state index < -0.39 is 5.79 Å². The lowest BCUT2D eigenvalue weighted by molar-refractivity contribution is -0.568. The standard InChI is InChI=1S/C16H26O4/c1-3-8-15-9-6-13-11(2)4-5-12-7-10-17-14(18-15)16(12,13)20-19-15/h11-14H,3-10H2,1-2H3/t11-,12+,13+,14-,15-,16-/m1/s1. The van der Waals surface area contributed by atoms with E-state index >= 15 is 0 Å². The van der Waals surface area contributed by atoms with Gasteiger partial charge in [0.25, 0.3) is 0 Å². The molecule has 2 bridgehead atoms. The molecular formula is C16H26O4. The first-order chi connectivity index (χ1) is 9.70. The van der Waals surface area contributed by atoms with Gasteiger partial charge in [0.2, 0.25) is 5.79 Å². The third kappa shape index (κ3) is 1.68. The van der Waals surface area contributed by atoms with Gasteiger partial charge in [0.1, 0.15) is 0 Å². The van der Waals surface area contributed by atoms with E-state index in [0.717, 1.165) is 38.7 Å². The van der Waals surface area contributed by atoms with Gasteiger partial charge < -0.3 is 9.47 Å². The van der Waals surface area contributed by atoms with Crippen LogP contribution in [0.2, 0.25) is 0 Å². The minimum Gasteiger partial charge on any atom is -0.349 e. The molecule has 114 valence electrons. The van der Waals surface area contributed by atoms with Crippen molar-refractivity contribution in [3.8, 4) is 0 Å². The molecule has 4 nitrogen and oxygen atoms in total. The third-order valence-electron chi connectivity index (χ3n) is 6.11. The van der Waals surface area contributed by atoms with Crippen LogP contribution in [-0.2, 0) is 19.2 Å². The Labute approximate surface area is 121 Å². The predicted molar refractivity (Wildman–Crippen MR) is 72.6 cm³/mol. The molecule has 1 saturated carbocycles. The molecule has 4 heteroatoms. The Hall–Kier alpha value is -0.160. The first-order valence-corrected chi connectivity index (χ1v) is 8.36. The van der Waals surface area contributed by atoms with Crippen LogP contribution in [0, 0.1) is 17.8 Å². The molecule has 0 unspecified atom stereocenters. The van der Waals surface area contributed by atoms with Crippen LogP contribution in [-0.4, -0.2) is 24.3 Å². The maximum atomic E-state index is 6.35. The second-order valence-corrected chi connectivity index (χ2v) is 7.19. The molecule has 5 rings (SSSR count). The molecule has 0 radical (unpaired) electrons. The van der Waals surface area contributed by atoms with Gasteiger partial charge in [-0.1, -0.05) is 20.3 Å². The van der Waals surface area contributed by atoms with E-state index in [-0.39, 0.29) is 11.9 Å². The highest BCUT2D eigenvalue weighted by Crippen LogP contribution is 2.59. The summed E-state index contributed by atoms with van der Waals surface area (Å²) < 4.78 is 12.4. The van der Waals surface area contributed by atoms with E-state index in [2.05, 4.69) is 13.8 Å². The van der Waals surface area contributed by atoms with E-state index in [9.17, 15) is 0 Å². The molecule has 5 fully saturated rings. The highest BCUT2D eigenvalue weighted by Gasteiger charge is 2.67. The molecule has 4 aliphatic heterocycles. The van der Waals surface area contributed by atoms with Gasteiger partial charge in [-0.25, -0.2) is 9.78 Å². The average molecular weight is 282 g/mol. The minimum atomic E-state index is -0.566. The van der Waals surface area contributed by atoms with Gasteiger partial charge in [-0.05, 0) is 43.4 Å². The lowest BCUT2D eigenvalue weighted by Crippen LogP contribution is -2.67. The molecule has 1 spiro atoms. The van der Waals surface area contributed by atoms with Crippen molar-refractivity contribution in [2.24, 2.45) is 17.8 Å². The van der Waals surface area contributed by atoms with Crippen molar-refractivity contribution >= 4 is 0 Å². The normalized spacial score (nSPS) is 54.3. The maximum absolute atomic E-state index is 6.35. The zero-order valence-corrected chi connectivity index (χ0v) is 12.6. The smallest absolute Gasteiger partial charge is 0.204 e. The summed E-state index contributed by atoms with van der Waals surface area (Å²) in [4.78, 5) is 12.0. The molecular weight excluding hydrogens is 256 g/mol. The van der Waals surface area contributed by atoms with Crippen molar-refractivity contribution in [2.45, 2.75) is 76.5 Å². The number of hydrogen-bond acceptors (Lipinski definition) is 4. The van der Waals surface area contributed by atoms with E-state index in [1.165, 1.54) is 12.8 Å². The van der Waals surface area contributed by atoms with Crippen LogP contribution in [0.1, 0.15) is 58.8 Å². The Balaban J connectivity index is 1.74. The summed E-state index contributed by atoms with van der Waals surface area (Å²) >= 11 is 0. The summed E-state index contributed by atoms with van der Waals surface area (Å²) in [6, 6.07) is 0. The second-order valence-electron chi connectivity index (χ2n) is 7.19. The monoisotopic (exact) mass is 282 g/mol. The van der Waals surface area contributed by atoms with Crippen LogP contribution in [0.5, 0.6) is 0 Å². The van der Waals surface area contributed by atoms with Crippen LogP contribution >= 0.6 is 0 Å². The second kappa shape index (κ2) is 4.67. The zero-order valence-electron chi connectivity index (χ0n) is 12.6. The van der Waals surface area contributed by atoms with E-state index in [1.54, 1.807) is 0 Å². The van der Waals surface area contributed by atoms with Crippen LogP contribution in [0.3, 0.4) is 0 Å². The molecule has 4 saturated heterocycles. The SMILES string of the molecule is CCC[C@@]12CC[C@H]3[C@H](C)CC[C@H]4CCO[C@H](O1)[C@@]43OO2. The van der Waals surface area contributed by atoms with Gasteiger partial charge in [-0.15, -0.1) is 0 Å². The molecule has 6 atom stereocenters. The average Bonchev–Trinajstić information content (AvgIpc) is 2.69. The molecule has 4 heterocycles. The first kappa shape index (κ1) is 13.5. The fourth-order valence-corrected chi connectivity index (χ4v) is 5.07. The minimum absolute atomic E-state index is 0.225. The Morgan fingerprint density at radius 2 is 2.00 bits per heavy atom. The summed E-state index contributed by atoms with van der Waals surface area (Å²) in [5.41, 5.74) is -0.344. The van der Waals surface area contributed by atoms with Crippen molar-refractivity contribution < 1.29 is 19.2 Å². The zero-order chi connectivity index (χ0) is 13.8. The summed E-state index contributed by atoms with van der Waals surface area (Å²) in [6.07, 6.45) is 7.35. The number of hydrogen-bond donors (Lipinski definition) is 0. The fourth-order valence-electron chi connectivity index (χ4n) is 5.07. The summed E-state index contributed by atoms with van der Waals surface area (Å²) in [7, 11) is 0. The number of ether oxygens (including phenoxy) is 2. The van der Waals surface area contributed by atoms with Gasteiger partial charge in [-0.2, -0.15) is 0 Å². The summed E-state index contributed by atoms with van der Waals surface area (Å²) in [6.45, 7) is 5.32. The molecule has 0 aromatic rings. The third-order valence-corrected chi connectivity index (χ3v) is 6.11. The predicted octanol–water partition coefficient (Wildman–Crippen LogP) is 3.40. The van der Waals surface area contributed by atoms with Gasteiger partial charge in [-0.3, -0.25) is 0 Å². The Morgan fingerprint density at radius 3 is 2.85 bits per heavy atom. The number of rotatable bonds is 2. The van der Waals surface area contributed by atoms with Crippen LogP contribution < -0.4 is 0 Å². The quantitative estimate of drug-likeness (QED) is 0.727. The Morgan fingerprint density at radius 1 is 1.10 bits per heavy atom. The van der Waals surface area contributed by atoms with E-state index in [1.807, 2.05) is 0 Å². The van der Waals surface area contributed by atoms with Gasteiger partial charge >= 0.3 is 0 Å². The maximum Gasteiger partial charge on any atom is 0.204 e. The largest absolute Gasteiger partial charge is 0.349 e.